The van der Waals surface area contributed by atoms with Crippen molar-refractivity contribution in [1.82, 2.24) is 0 Å². The standard InChI is InChI=1S/C18H19NO6/c1-24-15-6-5-13(17(9-15)19(22)23)4-3-12-7-14(10-20)16(11-21)18(8-12)25-2/h3-9,20-21H,10-11H2,1-2H3/b4-3-. The lowest BCUT2D eigenvalue weighted by Gasteiger charge is -2.12. The molecule has 25 heavy (non-hydrogen) atoms. The first-order valence-corrected chi connectivity index (χ1v) is 7.46. The Kier molecular flexibility index (Phi) is 6.10. The Morgan fingerprint density at radius 3 is 2.40 bits per heavy atom. The van der Waals surface area contributed by atoms with E-state index in [4.69, 9.17) is 9.47 Å². The molecule has 0 radical (unpaired) electrons. The lowest BCUT2D eigenvalue weighted by atomic mass is 10.0. The summed E-state index contributed by atoms with van der Waals surface area (Å²) in [5, 5.41) is 30.1. The quantitative estimate of drug-likeness (QED) is 0.454. The molecule has 0 heterocycles. The average molecular weight is 345 g/mol. The Hall–Kier alpha value is -2.90. The number of nitro groups is 1. The van der Waals surface area contributed by atoms with Crippen molar-refractivity contribution >= 4 is 17.8 Å². The van der Waals surface area contributed by atoms with E-state index in [0.717, 1.165) is 0 Å². The molecule has 0 saturated carbocycles. The van der Waals surface area contributed by atoms with E-state index in [1.165, 1.54) is 20.3 Å². The molecule has 2 N–H and O–H groups in total. The van der Waals surface area contributed by atoms with Gasteiger partial charge < -0.3 is 19.7 Å². The van der Waals surface area contributed by atoms with Crippen molar-refractivity contribution in [2.24, 2.45) is 0 Å². The summed E-state index contributed by atoms with van der Waals surface area (Å²) >= 11 is 0. The molecule has 0 fully saturated rings. The maximum absolute atomic E-state index is 11.2. The molecule has 0 aromatic heterocycles. The molecular formula is C18H19NO6. The van der Waals surface area contributed by atoms with Crippen molar-refractivity contribution in [2.45, 2.75) is 13.2 Å². The molecule has 7 nitrogen and oxygen atoms in total. The van der Waals surface area contributed by atoms with Crippen LogP contribution in [0.1, 0.15) is 22.3 Å². The summed E-state index contributed by atoms with van der Waals surface area (Å²) < 4.78 is 10.2. The highest BCUT2D eigenvalue weighted by Crippen LogP contribution is 2.29. The first-order valence-electron chi connectivity index (χ1n) is 7.46. The summed E-state index contributed by atoms with van der Waals surface area (Å²) in [7, 11) is 2.91. The second kappa shape index (κ2) is 8.27. The third-order valence-corrected chi connectivity index (χ3v) is 3.76. The zero-order valence-electron chi connectivity index (χ0n) is 13.9. The third kappa shape index (κ3) is 4.14. The number of aliphatic hydroxyl groups is 2. The molecule has 132 valence electrons. The molecule has 0 aliphatic rings. The van der Waals surface area contributed by atoms with Gasteiger partial charge in [0.1, 0.15) is 11.5 Å². The van der Waals surface area contributed by atoms with Gasteiger partial charge in [-0.25, -0.2) is 0 Å². The van der Waals surface area contributed by atoms with Crippen LogP contribution in [0.25, 0.3) is 12.2 Å². The Labute approximate surface area is 144 Å². The largest absolute Gasteiger partial charge is 0.497 e. The second-order valence-electron chi connectivity index (χ2n) is 5.19. The number of ether oxygens (including phenoxy) is 2. The molecule has 2 aromatic carbocycles. The fourth-order valence-electron chi connectivity index (χ4n) is 2.46. The smallest absolute Gasteiger partial charge is 0.280 e. The van der Waals surface area contributed by atoms with Gasteiger partial charge >= 0.3 is 0 Å². The van der Waals surface area contributed by atoms with Gasteiger partial charge in [-0.2, -0.15) is 0 Å². The molecule has 2 rings (SSSR count). The fourth-order valence-corrected chi connectivity index (χ4v) is 2.46. The van der Waals surface area contributed by atoms with Crippen LogP contribution in [0.5, 0.6) is 11.5 Å². The van der Waals surface area contributed by atoms with E-state index in [2.05, 4.69) is 0 Å². The Balaban J connectivity index is 2.44. The lowest BCUT2D eigenvalue weighted by Crippen LogP contribution is -1.99. The normalized spacial score (nSPS) is 10.9. The Morgan fingerprint density at radius 1 is 1.08 bits per heavy atom. The highest BCUT2D eigenvalue weighted by Gasteiger charge is 2.13. The van der Waals surface area contributed by atoms with Crippen molar-refractivity contribution in [1.29, 1.82) is 0 Å². The highest BCUT2D eigenvalue weighted by atomic mass is 16.6. The van der Waals surface area contributed by atoms with E-state index >= 15 is 0 Å². The number of aliphatic hydroxyl groups excluding tert-OH is 2. The van der Waals surface area contributed by atoms with Crippen LogP contribution in [0, 0.1) is 10.1 Å². The van der Waals surface area contributed by atoms with Crippen LogP contribution in [-0.4, -0.2) is 29.4 Å². The molecule has 0 saturated heterocycles. The van der Waals surface area contributed by atoms with E-state index < -0.39 is 4.92 Å². The van der Waals surface area contributed by atoms with Crippen molar-refractivity contribution in [3.63, 3.8) is 0 Å². The topological polar surface area (TPSA) is 102 Å². The zero-order valence-corrected chi connectivity index (χ0v) is 13.9. The lowest BCUT2D eigenvalue weighted by molar-refractivity contribution is -0.385. The van der Waals surface area contributed by atoms with Crippen LogP contribution in [0.2, 0.25) is 0 Å². The molecule has 0 amide bonds. The van der Waals surface area contributed by atoms with E-state index in [0.29, 0.717) is 33.8 Å². The van der Waals surface area contributed by atoms with Crippen molar-refractivity contribution < 1.29 is 24.6 Å². The molecule has 0 aliphatic heterocycles. The van der Waals surface area contributed by atoms with E-state index in [1.54, 1.807) is 36.4 Å². The molecular weight excluding hydrogens is 326 g/mol. The predicted molar refractivity (Wildman–Crippen MR) is 93.4 cm³/mol. The number of nitrogens with zero attached hydrogens (tertiary/aromatic N) is 1. The van der Waals surface area contributed by atoms with Crippen molar-refractivity contribution in [3.05, 3.63) is 62.7 Å². The van der Waals surface area contributed by atoms with E-state index in [-0.39, 0.29) is 18.9 Å². The Morgan fingerprint density at radius 2 is 1.84 bits per heavy atom. The summed E-state index contributed by atoms with van der Waals surface area (Å²) in [6.45, 7) is -0.510. The van der Waals surface area contributed by atoms with Gasteiger partial charge in [-0.3, -0.25) is 10.1 Å². The van der Waals surface area contributed by atoms with Gasteiger partial charge in [0, 0.05) is 5.56 Å². The van der Waals surface area contributed by atoms with Crippen LogP contribution in [0.15, 0.2) is 30.3 Å². The first-order chi connectivity index (χ1) is 12.0. The van der Waals surface area contributed by atoms with Gasteiger partial charge in [-0.15, -0.1) is 0 Å². The SMILES string of the molecule is COc1ccc(/C=C\c2cc(CO)c(CO)c(OC)c2)c([N+](=O)[O-])c1. The van der Waals surface area contributed by atoms with Gasteiger partial charge in [0.05, 0.1) is 44.0 Å². The summed E-state index contributed by atoms with van der Waals surface area (Å²) in [6.07, 6.45) is 3.28. The minimum absolute atomic E-state index is 0.0723. The molecule has 0 atom stereocenters. The minimum Gasteiger partial charge on any atom is -0.497 e. The average Bonchev–Trinajstić information content (AvgIpc) is 2.64. The number of rotatable bonds is 7. The minimum atomic E-state index is -0.475. The van der Waals surface area contributed by atoms with E-state index in [1.807, 2.05) is 0 Å². The summed E-state index contributed by atoms with van der Waals surface area (Å²) in [5.41, 5.74) is 2.07. The fraction of sp³-hybridized carbons (Fsp3) is 0.222. The predicted octanol–water partition coefficient (Wildman–Crippen LogP) is 2.77. The van der Waals surface area contributed by atoms with Crippen molar-refractivity contribution in [3.8, 4) is 11.5 Å². The summed E-state index contributed by atoms with van der Waals surface area (Å²) in [4.78, 5) is 10.7. The van der Waals surface area contributed by atoms with Crippen LogP contribution >= 0.6 is 0 Å². The maximum atomic E-state index is 11.2. The van der Waals surface area contributed by atoms with Crippen LogP contribution in [0.3, 0.4) is 0 Å². The molecule has 2 aromatic rings. The molecule has 0 aliphatic carbocycles. The van der Waals surface area contributed by atoms with Gasteiger partial charge in [0.2, 0.25) is 0 Å². The number of hydrogen-bond donors (Lipinski definition) is 2. The summed E-state index contributed by atoms with van der Waals surface area (Å²) in [6, 6.07) is 7.98. The Bertz CT molecular complexity index is 775. The van der Waals surface area contributed by atoms with Crippen LogP contribution in [0.4, 0.5) is 5.69 Å². The van der Waals surface area contributed by atoms with Gasteiger partial charge in [0.25, 0.3) is 5.69 Å². The van der Waals surface area contributed by atoms with Crippen LogP contribution < -0.4 is 9.47 Å². The number of nitro benzene ring substituents is 1. The molecule has 0 bridgehead atoms. The summed E-state index contributed by atoms with van der Waals surface area (Å²) in [5.74, 6) is 0.846. The highest BCUT2D eigenvalue weighted by molar-refractivity contribution is 5.75. The van der Waals surface area contributed by atoms with E-state index in [9.17, 15) is 20.3 Å². The first kappa shape index (κ1) is 18.4. The van der Waals surface area contributed by atoms with Gasteiger partial charge in [-0.05, 0) is 41.5 Å². The van der Waals surface area contributed by atoms with Gasteiger partial charge in [-0.1, -0.05) is 6.08 Å². The number of benzene rings is 2. The monoisotopic (exact) mass is 345 g/mol. The zero-order chi connectivity index (χ0) is 18.4. The molecule has 0 unspecified atom stereocenters. The van der Waals surface area contributed by atoms with Gasteiger partial charge in [0.15, 0.2) is 0 Å². The van der Waals surface area contributed by atoms with Crippen LogP contribution in [-0.2, 0) is 13.2 Å². The van der Waals surface area contributed by atoms with Crippen molar-refractivity contribution in [2.75, 3.05) is 14.2 Å². The number of hydrogen-bond acceptors (Lipinski definition) is 6. The molecule has 0 spiro atoms. The maximum Gasteiger partial charge on any atom is 0.280 e. The number of methoxy groups -OCH3 is 2. The third-order valence-electron chi connectivity index (χ3n) is 3.76. The molecule has 7 heteroatoms. The second-order valence-corrected chi connectivity index (χ2v) is 5.19.